The number of carbonyl (C=O) groups excluding carboxylic acids is 1. The third kappa shape index (κ3) is 2.59. The summed E-state index contributed by atoms with van der Waals surface area (Å²) in [6.07, 6.45) is -5.74. The molecule has 124 valence electrons. The lowest BCUT2D eigenvalue weighted by atomic mass is 9.90. The van der Waals surface area contributed by atoms with Crippen molar-refractivity contribution < 1.29 is 27.5 Å². The highest BCUT2D eigenvalue weighted by atomic mass is 19.4. The fourth-order valence-electron chi connectivity index (χ4n) is 2.89. The van der Waals surface area contributed by atoms with E-state index < -0.39 is 30.5 Å². The van der Waals surface area contributed by atoms with Gasteiger partial charge >= 0.3 is 6.18 Å². The van der Waals surface area contributed by atoms with Crippen molar-refractivity contribution in [3.8, 4) is 0 Å². The summed E-state index contributed by atoms with van der Waals surface area (Å²) in [6.45, 7) is 1.42. The van der Waals surface area contributed by atoms with Gasteiger partial charge in [-0.1, -0.05) is 18.2 Å². The maximum absolute atomic E-state index is 12.8. The molecule has 0 saturated carbocycles. The number of benzene rings is 1. The van der Waals surface area contributed by atoms with Gasteiger partial charge in [0.2, 0.25) is 0 Å². The second kappa shape index (κ2) is 5.26. The van der Waals surface area contributed by atoms with Gasteiger partial charge in [-0.25, -0.2) is 0 Å². The summed E-state index contributed by atoms with van der Waals surface area (Å²) in [5.74, 6) is -0.299. The maximum Gasteiger partial charge on any atom is 0.417 e. The third-order valence-corrected chi connectivity index (χ3v) is 4.44. The van der Waals surface area contributed by atoms with E-state index in [1.165, 1.54) is 4.90 Å². The van der Waals surface area contributed by atoms with Gasteiger partial charge in [-0.3, -0.25) is 4.79 Å². The van der Waals surface area contributed by atoms with E-state index in [9.17, 15) is 23.1 Å². The molecule has 0 atom stereocenters. The van der Waals surface area contributed by atoms with Crippen molar-refractivity contribution >= 4 is 16.9 Å². The highest BCUT2D eigenvalue weighted by Crippen LogP contribution is 2.38. The van der Waals surface area contributed by atoms with E-state index in [1.54, 1.807) is 19.1 Å². The number of rotatable bonds is 1. The Kier molecular flexibility index (Phi) is 3.63. The number of hydrogen-bond donors (Lipinski definition) is 1. The first-order chi connectivity index (χ1) is 10.7. The van der Waals surface area contributed by atoms with Gasteiger partial charge in [0, 0.05) is 36.9 Å². The van der Waals surface area contributed by atoms with E-state index in [0.29, 0.717) is 11.1 Å². The normalized spacial score (nSPS) is 18.4. The van der Waals surface area contributed by atoms with Gasteiger partial charge in [-0.05, 0) is 13.0 Å². The summed E-state index contributed by atoms with van der Waals surface area (Å²) in [6, 6.07) is 7.16. The van der Waals surface area contributed by atoms with Crippen molar-refractivity contribution in [1.82, 2.24) is 4.90 Å². The van der Waals surface area contributed by atoms with Crippen molar-refractivity contribution in [1.29, 1.82) is 0 Å². The predicted molar refractivity (Wildman–Crippen MR) is 77.1 cm³/mol. The van der Waals surface area contributed by atoms with Crippen molar-refractivity contribution in [2.75, 3.05) is 13.1 Å². The van der Waals surface area contributed by atoms with Crippen molar-refractivity contribution in [2.24, 2.45) is 0 Å². The van der Waals surface area contributed by atoms with Crippen LogP contribution in [-0.2, 0) is 0 Å². The van der Waals surface area contributed by atoms with Gasteiger partial charge in [0.1, 0.15) is 5.58 Å². The summed E-state index contributed by atoms with van der Waals surface area (Å²) >= 11 is 0. The Labute approximate surface area is 130 Å². The van der Waals surface area contributed by atoms with Crippen LogP contribution in [0.4, 0.5) is 13.2 Å². The number of piperidine rings is 1. The van der Waals surface area contributed by atoms with Gasteiger partial charge in [0.25, 0.3) is 5.91 Å². The van der Waals surface area contributed by atoms with Crippen molar-refractivity contribution in [3.63, 3.8) is 0 Å². The average Bonchev–Trinajstić information content (AvgIpc) is 2.84. The zero-order valence-electron chi connectivity index (χ0n) is 12.5. The minimum absolute atomic E-state index is 0.142. The van der Waals surface area contributed by atoms with Crippen LogP contribution < -0.4 is 0 Å². The number of halogens is 3. The van der Waals surface area contributed by atoms with Gasteiger partial charge in [-0.2, -0.15) is 13.2 Å². The van der Waals surface area contributed by atoms with Crippen LogP contribution in [0.1, 0.15) is 29.0 Å². The number of para-hydroxylation sites is 1. The summed E-state index contributed by atoms with van der Waals surface area (Å²) in [7, 11) is 0. The van der Waals surface area contributed by atoms with Crippen molar-refractivity contribution in [2.45, 2.75) is 31.5 Å². The molecule has 3 rings (SSSR count). The van der Waals surface area contributed by atoms with Gasteiger partial charge in [-0.15, -0.1) is 0 Å². The van der Waals surface area contributed by atoms with E-state index in [4.69, 9.17) is 4.42 Å². The van der Waals surface area contributed by atoms with Crippen LogP contribution in [0.3, 0.4) is 0 Å². The van der Waals surface area contributed by atoms with Crippen LogP contribution in [-0.4, -0.2) is 40.8 Å². The lowest BCUT2D eigenvalue weighted by molar-refractivity contribution is -0.271. The minimum Gasteiger partial charge on any atom is -0.451 e. The van der Waals surface area contributed by atoms with E-state index in [0.717, 1.165) is 5.39 Å². The number of aryl methyl sites for hydroxylation is 1. The second-order valence-corrected chi connectivity index (χ2v) is 5.87. The molecule has 0 spiro atoms. The highest BCUT2D eigenvalue weighted by Gasteiger charge is 2.55. The largest absolute Gasteiger partial charge is 0.451 e. The van der Waals surface area contributed by atoms with Crippen LogP contribution in [0.25, 0.3) is 11.0 Å². The van der Waals surface area contributed by atoms with E-state index in [2.05, 4.69) is 0 Å². The van der Waals surface area contributed by atoms with E-state index >= 15 is 0 Å². The first kappa shape index (κ1) is 15.9. The number of fused-ring (bicyclic) bond motifs is 1. The number of alkyl halides is 3. The first-order valence-electron chi connectivity index (χ1n) is 7.29. The van der Waals surface area contributed by atoms with E-state index in [1.807, 2.05) is 12.1 Å². The van der Waals surface area contributed by atoms with E-state index in [-0.39, 0.29) is 18.8 Å². The molecule has 0 unspecified atom stereocenters. The number of amides is 1. The number of likely N-dealkylation sites (tertiary alicyclic amines) is 1. The molecular formula is C16H16F3NO3. The SMILES string of the molecule is Cc1c(C(=O)N2CCC(O)(C(F)(F)F)CC2)oc2ccccc12. The first-order valence-corrected chi connectivity index (χ1v) is 7.29. The monoisotopic (exact) mass is 327 g/mol. The summed E-state index contributed by atoms with van der Waals surface area (Å²) in [4.78, 5) is 13.8. The third-order valence-electron chi connectivity index (χ3n) is 4.44. The zero-order valence-corrected chi connectivity index (χ0v) is 12.5. The quantitative estimate of drug-likeness (QED) is 0.874. The molecule has 1 aromatic heterocycles. The van der Waals surface area contributed by atoms with Gasteiger partial charge in [0.05, 0.1) is 0 Å². The molecule has 2 aromatic rings. The van der Waals surface area contributed by atoms with Crippen LogP contribution in [0.5, 0.6) is 0 Å². The van der Waals surface area contributed by atoms with Gasteiger partial charge < -0.3 is 14.4 Å². The fraction of sp³-hybridized carbons (Fsp3) is 0.438. The molecule has 7 heteroatoms. The number of aliphatic hydroxyl groups is 1. The predicted octanol–water partition coefficient (Wildman–Crippen LogP) is 3.27. The highest BCUT2D eigenvalue weighted by molar-refractivity contribution is 5.98. The molecule has 1 aliphatic heterocycles. The number of carbonyl (C=O) groups is 1. The topological polar surface area (TPSA) is 53.7 Å². The summed E-state index contributed by atoms with van der Waals surface area (Å²) < 4.78 is 44.0. The number of nitrogens with zero attached hydrogens (tertiary/aromatic N) is 1. The number of furan rings is 1. The molecule has 0 aliphatic carbocycles. The Morgan fingerprint density at radius 3 is 2.43 bits per heavy atom. The second-order valence-electron chi connectivity index (χ2n) is 5.87. The molecule has 1 aliphatic rings. The molecule has 1 aromatic carbocycles. The van der Waals surface area contributed by atoms with Crippen LogP contribution in [0.2, 0.25) is 0 Å². The Hall–Kier alpha value is -2.02. The summed E-state index contributed by atoms with van der Waals surface area (Å²) in [5.41, 5.74) is -1.48. The average molecular weight is 327 g/mol. The minimum atomic E-state index is -4.68. The lowest BCUT2D eigenvalue weighted by Crippen LogP contribution is -2.54. The Morgan fingerprint density at radius 2 is 1.87 bits per heavy atom. The standard InChI is InChI=1S/C16H16F3NO3/c1-10-11-4-2-3-5-12(11)23-13(10)14(21)20-8-6-15(22,7-9-20)16(17,18)19/h2-5,22H,6-9H2,1H3. The molecular weight excluding hydrogens is 311 g/mol. The molecule has 2 heterocycles. The molecule has 1 amide bonds. The lowest BCUT2D eigenvalue weighted by Gasteiger charge is -2.38. The Morgan fingerprint density at radius 1 is 1.26 bits per heavy atom. The van der Waals surface area contributed by atoms with Crippen molar-refractivity contribution in [3.05, 3.63) is 35.6 Å². The zero-order chi connectivity index (χ0) is 16.8. The molecule has 0 bridgehead atoms. The summed E-state index contributed by atoms with van der Waals surface area (Å²) in [5, 5.41) is 10.5. The van der Waals surface area contributed by atoms with Gasteiger partial charge in [0.15, 0.2) is 11.4 Å². The van der Waals surface area contributed by atoms with Crippen LogP contribution in [0, 0.1) is 6.92 Å². The smallest absolute Gasteiger partial charge is 0.417 e. The number of hydrogen-bond acceptors (Lipinski definition) is 3. The molecule has 0 radical (unpaired) electrons. The maximum atomic E-state index is 12.8. The van der Waals surface area contributed by atoms with Crippen LogP contribution in [0.15, 0.2) is 28.7 Å². The molecule has 1 fully saturated rings. The molecule has 4 nitrogen and oxygen atoms in total. The molecule has 1 N–H and O–H groups in total. The Balaban J connectivity index is 1.81. The molecule has 1 saturated heterocycles. The molecule has 23 heavy (non-hydrogen) atoms. The van der Waals surface area contributed by atoms with Crippen LogP contribution >= 0.6 is 0 Å². The Bertz CT molecular complexity index is 743. The fourth-order valence-corrected chi connectivity index (χ4v) is 2.89.